The molecule has 30 heavy (non-hydrogen) atoms. The third-order valence-electron chi connectivity index (χ3n) is 5.20. The summed E-state index contributed by atoms with van der Waals surface area (Å²) in [5.41, 5.74) is 0.778. The fourth-order valence-electron chi connectivity index (χ4n) is 3.53. The first-order chi connectivity index (χ1) is 14.4. The molecule has 3 aromatic rings. The molecule has 4 rings (SSSR count). The summed E-state index contributed by atoms with van der Waals surface area (Å²) in [7, 11) is 0. The van der Waals surface area contributed by atoms with Crippen molar-refractivity contribution < 1.29 is 23.4 Å². The summed E-state index contributed by atoms with van der Waals surface area (Å²) in [6.07, 6.45) is 2.25. The van der Waals surface area contributed by atoms with Crippen LogP contribution in [0.25, 0.3) is 11.2 Å². The van der Waals surface area contributed by atoms with E-state index in [-0.39, 0.29) is 41.0 Å². The van der Waals surface area contributed by atoms with Crippen LogP contribution in [0.4, 0.5) is 14.6 Å². The number of imidazole rings is 1. The molecule has 1 saturated carbocycles. The lowest BCUT2D eigenvalue weighted by molar-refractivity contribution is -0.143. The van der Waals surface area contributed by atoms with E-state index in [1.54, 1.807) is 6.07 Å². The highest BCUT2D eigenvalue weighted by molar-refractivity contribution is 6.33. The molecule has 0 amide bonds. The monoisotopic (exact) mass is 436 g/mol. The van der Waals surface area contributed by atoms with E-state index in [4.69, 9.17) is 21.4 Å². The second kappa shape index (κ2) is 8.43. The number of nitrogens with zero attached hydrogens (tertiary/aromatic N) is 2. The zero-order valence-corrected chi connectivity index (χ0v) is 16.5. The van der Waals surface area contributed by atoms with Gasteiger partial charge in [-0.25, -0.2) is 13.8 Å². The Morgan fingerprint density at radius 3 is 2.60 bits per heavy atom. The first kappa shape index (κ1) is 20.3. The number of pyridine rings is 1. The number of nitrogens with one attached hydrogen (secondary N) is 2. The molecule has 1 fully saturated rings. The second-order valence-electron chi connectivity index (χ2n) is 7.22. The molecule has 1 aliphatic rings. The SMILES string of the molecule is O=C(O)[C@H]1CC[C@H](Oc2nc3nc(NCc4c(F)cccc4F)c(Cl)cc3[nH]2)CC1. The molecular formula is C20H19ClF2N4O3. The molecule has 7 nitrogen and oxygen atoms in total. The van der Waals surface area contributed by atoms with Crippen LogP contribution < -0.4 is 10.1 Å². The number of carboxylic acid groups (broad SMARTS) is 1. The van der Waals surface area contributed by atoms with Gasteiger partial charge in [0.1, 0.15) is 23.6 Å². The lowest BCUT2D eigenvalue weighted by Gasteiger charge is -2.25. The number of carboxylic acids is 1. The van der Waals surface area contributed by atoms with Gasteiger partial charge >= 0.3 is 5.97 Å². The molecule has 1 aliphatic carbocycles. The molecule has 10 heteroatoms. The first-order valence-corrected chi connectivity index (χ1v) is 9.91. The molecule has 0 spiro atoms. The normalized spacial score (nSPS) is 19.0. The number of aliphatic carboxylic acids is 1. The van der Waals surface area contributed by atoms with Crippen molar-refractivity contribution >= 4 is 34.6 Å². The molecule has 158 valence electrons. The number of anilines is 1. The maximum absolute atomic E-state index is 13.8. The highest BCUT2D eigenvalue weighted by Gasteiger charge is 2.27. The summed E-state index contributed by atoms with van der Waals surface area (Å²) in [5.74, 6) is -2.17. The average Bonchev–Trinajstić information content (AvgIpc) is 3.08. The summed E-state index contributed by atoms with van der Waals surface area (Å²) in [5, 5.41) is 12.2. The van der Waals surface area contributed by atoms with Crippen molar-refractivity contribution in [2.45, 2.75) is 38.3 Å². The molecule has 2 heterocycles. The van der Waals surface area contributed by atoms with E-state index in [0.29, 0.717) is 36.8 Å². The third kappa shape index (κ3) is 4.30. The van der Waals surface area contributed by atoms with Crippen molar-refractivity contribution in [3.05, 3.63) is 46.5 Å². The summed E-state index contributed by atoms with van der Waals surface area (Å²) in [4.78, 5) is 22.7. The van der Waals surface area contributed by atoms with Gasteiger partial charge in [-0.3, -0.25) is 4.79 Å². The lowest BCUT2D eigenvalue weighted by atomic mass is 9.87. The number of hydrogen-bond acceptors (Lipinski definition) is 5. The molecule has 1 aromatic carbocycles. The number of rotatable bonds is 6. The van der Waals surface area contributed by atoms with Gasteiger partial charge in [-0.2, -0.15) is 4.98 Å². The zero-order chi connectivity index (χ0) is 21.3. The Morgan fingerprint density at radius 1 is 1.23 bits per heavy atom. The van der Waals surface area contributed by atoms with Gasteiger partial charge in [0.2, 0.25) is 0 Å². The number of hydrogen-bond donors (Lipinski definition) is 3. The van der Waals surface area contributed by atoms with Gasteiger partial charge in [-0.1, -0.05) is 17.7 Å². The lowest BCUT2D eigenvalue weighted by Crippen LogP contribution is -2.28. The van der Waals surface area contributed by atoms with Crippen molar-refractivity contribution in [3.8, 4) is 6.01 Å². The van der Waals surface area contributed by atoms with Crippen LogP contribution in [0, 0.1) is 17.6 Å². The van der Waals surface area contributed by atoms with Gasteiger partial charge in [-0.15, -0.1) is 0 Å². The molecule has 0 radical (unpaired) electrons. The van der Waals surface area contributed by atoms with Gasteiger partial charge in [0, 0.05) is 12.1 Å². The molecule has 0 bridgehead atoms. The highest BCUT2D eigenvalue weighted by Crippen LogP contribution is 2.29. The number of halogens is 3. The van der Waals surface area contributed by atoms with Crippen molar-refractivity contribution in [2.24, 2.45) is 5.92 Å². The smallest absolute Gasteiger partial charge is 0.306 e. The summed E-state index contributed by atoms with van der Waals surface area (Å²) in [6.45, 7) is -0.128. The van der Waals surface area contributed by atoms with E-state index in [1.807, 2.05) is 0 Å². The van der Waals surface area contributed by atoms with Crippen LogP contribution in [0.1, 0.15) is 31.2 Å². The molecule has 0 unspecified atom stereocenters. The number of benzene rings is 1. The van der Waals surface area contributed by atoms with E-state index < -0.39 is 17.6 Å². The summed E-state index contributed by atoms with van der Waals surface area (Å²) < 4.78 is 33.4. The minimum atomic E-state index is -0.772. The van der Waals surface area contributed by atoms with Crippen LogP contribution in [0.15, 0.2) is 24.3 Å². The number of fused-ring (bicyclic) bond motifs is 1. The Morgan fingerprint density at radius 2 is 1.93 bits per heavy atom. The molecule has 0 aliphatic heterocycles. The predicted molar refractivity (Wildman–Crippen MR) is 107 cm³/mol. The standard InChI is InChI=1S/C20H19ClF2N4O3/c21-13-8-16-18(26-17(13)24-9-12-14(22)2-1-3-15(12)23)27-20(25-16)30-11-6-4-10(5-7-11)19(28)29/h1-3,8,10-11H,4-7,9H2,(H,28,29)(H2,24,25,26,27)/t10-,11-. The first-order valence-electron chi connectivity index (χ1n) is 9.53. The number of aromatic amines is 1. The minimum Gasteiger partial charge on any atom is -0.481 e. The number of ether oxygens (including phenoxy) is 1. The van der Waals surface area contributed by atoms with Crippen LogP contribution in [-0.4, -0.2) is 32.1 Å². The van der Waals surface area contributed by atoms with Crippen LogP contribution in [0.3, 0.4) is 0 Å². The van der Waals surface area contributed by atoms with E-state index in [2.05, 4.69) is 20.3 Å². The van der Waals surface area contributed by atoms with Crippen LogP contribution in [0.5, 0.6) is 6.01 Å². The van der Waals surface area contributed by atoms with Crippen LogP contribution in [0.2, 0.25) is 5.02 Å². The Balaban J connectivity index is 1.46. The molecule has 3 N–H and O–H groups in total. The van der Waals surface area contributed by atoms with E-state index >= 15 is 0 Å². The Hall–Kier alpha value is -2.94. The van der Waals surface area contributed by atoms with E-state index in [0.717, 1.165) is 0 Å². The zero-order valence-electron chi connectivity index (χ0n) is 15.8. The molecular weight excluding hydrogens is 418 g/mol. The second-order valence-corrected chi connectivity index (χ2v) is 7.62. The van der Waals surface area contributed by atoms with Crippen molar-refractivity contribution in [1.82, 2.24) is 15.0 Å². The van der Waals surface area contributed by atoms with Gasteiger partial charge in [0.05, 0.1) is 16.5 Å². The van der Waals surface area contributed by atoms with Crippen molar-refractivity contribution in [3.63, 3.8) is 0 Å². The number of carbonyl (C=O) groups is 1. The quantitative estimate of drug-likeness (QED) is 0.525. The highest BCUT2D eigenvalue weighted by atomic mass is 35.5. The Bertz CT molecular complexity index is 1060. The minimum absolute atomic E-state index is 0.113. The van der Waals surface area contributed by atoms with Gasteiger partial charge in [-0.05, 0) is 43.9 Å². The number of aromatic nitrogens is 3. The van der Waals surface area contributed by atoms with Crippen LogP contribution >= 0.6 is 11.6 Å². The summed E-state index contributed by atoms with van der Waals surface area (Å²) >= 11 is 6.24. The molecule has 0 atom stereocenters. The topological polar surface area (TPSA) is 100 Å². The fourth-order valence-corrected chi connectivity index (χ4v) is 3.75. The third-order valence-corrected chi connectivity index (χ3v) is 5.49. The Kier molecular flexibility index (Phi) is 5.72. The molecule has 0 saturated heterocycles. The van der Waals surface area contributed by atoms with Gasteiger partial charge in [0.15, 0.2) is 5.65 Å². The van der Waals surface area contributed by atoms with Crippen molar-refractivity contribution in [2.75, 3.05) is 5.32 Å². The van der Waals surface area contributed by atoms with Gasteiger partial charge in [0.25, 0.3) is 6.01 Å². The maximum atomic E-state index is 13.8. The largest absolute Gasteiger partial charge is 0.481 e. The number of H-pyrrole nitrogens is 1. The van der Waals surface area contributed by atoms with Crippen molar-refractivity contribution in [1.29, 1.82) is 0 Å². The summed E-state index contributed by atoms with van der Waals surface area (Å²) in [6, 6.07) is 5.53. The Labute approximate surface area is 175 Å². The molecule has 2 aromatic heterocycles. The average molecular weight is 437 g/mol. The van der Waals surface area contributed by atoms with Crippen LogP contribution in [-0.2, 0) is 11.3 Å². The van der Waals surface area contributed by atoms with Gasteiger partial charge < -0.3 is 20.1 Å². The van der Waals surface area contributed by atoms with E-state index in [9.17, 15) is 13.6 Å². The predicted octanol–water partition coefficient (Wildman–Crippen LogP) is 4.52. The fraction of sp³-hybridized carbons (Fsp3) is 0.350. The maximum Gasteiger partial charge on any atom is 0.306 e. The van der Waals surface area contributed by atoms with E-state index in [1.165, 1.54) is 18.2 Å².